The number of hydrogen-bond acceptors (Lipinski definition) is 2. The minimum atomic E-state index is 0.0462. The molecule has 0 spiro atoms. The molecule has 0 heterocycles. The molecule has 0 aliphatic heterocycles. The van der Waals surface area contributed by atoms with Gasteiger partial charge < -0.3 is 10.1 Å². The fourth-order valence-corrected chi connectivity index (χ4v) is 2.03. The minimum Gasteiger partial charge on any atom is -0.375 e. The van der Waals surface area contributed by atoms with E-state index in [-0.39, 0.29) is 5.60 Å². The summed E-state index contributed by atoms with van der Waals surface area (Å²) in [4.78, 5) is 0. The van der Waals surface area contributed by atoms with Gasteiger partial charge in [0.05, 0.1) is 5.60 Å². The van der Waals surface area contributed by atoms with Crippen LogP contribution in [0.5, 0.6) is 0 Å². The van der Waals surface area contributed by atoms with Crippen molar-refractivity contribution in [1.29, 1.82) is 0 Å². The Balaban J connectivity index is 4.05. The summed E-state index contributed by atoms with van der Waals surface area (Å²) in [6, 6.07) is 0. The topological polar surface area (TPSA) is 21.3 Å². The van der Waals surface area contributed by atoms with Crippen molar-refractivity contribution >= 4 is 0 Å². The molecular formula is C16H35NO. The second-order valence-corrected chi connectivity index (χ2v) is 6.02. The predicted molar refractivity (Wildman–Crippen MR) is 81.1 cm³/mol. The van der Waals surface area contributed by atoms with E-state index in [0.29, 0.717) is 5.41 Å². The third-order valence-corrected chi connectivity index (χ3v) is 4.69. The van der Waals surface area contributed by atoms with Gasteiger partial charge in [-0.3, -0.25) is 0 Å². The van der Waals surface area contributed by atoms with Gasteiger partial charge in [0.25, 0.3) is 0 Å². The molecule has 18 heavy (non-hydrogen) atoms. The fourth-order valence-electron chi connectivity index (χ4n) is 2.03. The second-order valence-electron chi connectivity index (χ2n) is 6.02. The SMILES string of the molecule is CCNCCC(C)(CC)OCCC(C)(CC)CC. The largest absolute Gasteiger partial charge is 0.375 e. The predicted octanol–water partition coefficient (Wildman–Crippen LogP) is 4.39. The summed E-state index contributed by atoms with van der Waals surface area (Å²) in [5.74, 6) is 0. The molecule has 0 aromatic heterocycles. The summed E-state index contributed by atoms with van der Waals surface area (Å²) < 4.78 is 6.18. The first kappa shape index (κ1) is 17.9. The lowest BCUT2D eigenvalue weighted by Gasteiger charge is -2.32. The van der Waals surface area contributed by atoms with Gasteiger partial charge in [-0.15, -0.1) is 0 Å². The molecule has 2 nitrogen and oxygen atoms in total. The fraction of sp³-hybridized carbons (Fsp3) is 1.00. The first-order valence-corrected chi connectivity index (χ1v) is 7.80. The van der Waals surface area contributed by atoms with Crippen molar-refractivity contribution in [3.05, 3.63) is 0 Å². The van der Waals surface area contributed by atoms with Gasteiger partial charge in [-0.05, 0) is 44.7 Å². The van der Waals surface area contributed by atoms with E-state index < -0.39 is 0 Å². The molecule has 0 aromatic carbocycles. The van der Waals surface area contributed by atoms with Crippen LogP contribution in [0.25, 0.3) is 0 Å². The smallest absolute Gasteiger partial charge is 0.0664 e. The maximum atomic E-state index is 6.18. The lowest BCUT2D eigenvalue weighted by atomic mass is 9.82. The Labute approximate surface area is 115 Å². The van der Waals surface area contributed by atoms with E-state index in [0.717, 1.165) is 32.5 Å². The zero-order chi connectivity index (χ0) is 14.1. The zero-order valence-electron chi connectivity index (χ0n) is 13.6. The first-order chi connectivity index (χ1) is 8.45. The highest BCUT2D eigenvalue weighted by Crippen LogP contribution is 2.30. The van der Waals surface area contributed by atoms with Crippen molar-refractivity contribution < 1.29 is 4.74 Å². The molecule has 0 aliphatic carbocycles. The Hall–Kier alpha value is -0.0800. The third kappa shape index (κ3) is 6.75. The van der Waals surface area contributed by atoms with Crippen molar-refractivity contribution in [2.75, 3.05) is 19.7 Å². The highest BCUT2D eigenvalue weighted by atomic mass is 16.5. The molecule has 0 aromatic rings. The highest BCUT2D eigenvalue weighted by molar-refractivity contribution is 4.76. The molecule has 1 atom stereocenters. The van der Waals surface area contributed by atoms with E-state index in [1.54, 1.807) is 0 Å². The van der Waals surface area contributed by atoms with E-state index in [9.17, 15) is 0 Å². The molecule has 110 valence electrons. The van der Waals surface area contributed by atoms with Crippen molar-refractivity contribution in [3.8, 4) is 0 Å². The molecule has 0 aliphatic rings. The van der Waals surface area contributed by atoms with E-state index in [4.69, 9.17) is 4.74 Å². The molecule has 0 saturated carbocycles. The molecule has 0 saturated heterocycles. The Kier molecular flexibility index (Phi) is 8.89. The standard InChI is InChI=1S/C16H35NO/c1-7-15(5,8-2)12-14-18-16(6,9-3)11-13-17-10-4/h17H,7-14H2,1-6H3. The average molecular weight is 257 g/mol. The molecule has 0 fully saturated rings. The molecule has 0 rings (SSSR count). The van der Waals surface area contributed by atoms with Gasteiger partial charge in [0.1, 0.15) is 0 Å². The van der Waals surface area contributed by atoms with E-state index in [1.165, 1.54) is 19.3 Å². The van der Waals surface area contributed by atoms with Gasteiger partial charge in [0.2, 0.25) is 0 Å². The van der Waals surface area contributed by atoms with Crippen LogP contribution in [0.1, 0.15) is 73.6 Å². The van der Waals surface area contributed by atoms with Gasteiger partial charge in [-0.25, -0.2) is 0 Å². The zero-order valence-corrected chi connectivity index (χ0v) is 13.6. The highest BCUT2D eigenvalue weighted by Gasteiger charge is 2.25. The molecular weight excluding hydrogens is 222 g/mol. The van der Waals surface area contributed by atoms with Crippen molar-refractivity contribution in [2.24, 2.45) is 5.41 Å². The summed E-state index contributed by atoms with van der Waals surface area (Å²) in [6.45, 7) is 16.6. The monoisotopic (exact) mass is 257 g/mol. The number of hydrogen-bond donors (Lipinski definition) is 1. The van der Waals surface area contributed by atoms with Crippen LogP contribution < -0.4 is 5.32 Å². The average Bonchev–Trinajstić information content (AvgIpc) is 2.39. The second kappa shape index (κ2) is 8.92. The quantitative estimate of drug-likeness (QED) is 0.554. The van der Waals surface area contributed by atoms with Crippen molar-refractivity contribution in [2.45, 2.75) is 79.2 Å². The summed E-state index contributed by atoms with van der Waals surface area (Å²) >= 11 is 0. The summed E-state index contributed by atoms with van der Waals surface area (Å²) in [5.41, 5.74) is 0.501. The molecule has 0 amide bonds. The minimum absolute atomic E-state index is 0.0462. The third-order valence-electron chi connectivity index (χ3n) is 4.69. The lowest BCUT2D eigenvalue weighted by molar-refractivity contribution is -0.0512. The maximum absolute atomic E-state index is 6.18. The Morgan fingerprint density at radius 1 is 0.889 bits per heavy atom. The first-order valence-electron chi connectivity index (χ1n) is 7.80. The number of ether oxygens (including phenoxy) is 1. The summed E-state index contributed by atoms with van der Waals surface area (Å²) in [5, 5.41) is 3.39. The van der Waals surface area contributed by atoms with Gasteiger partial charge >= 0.3 is 0 Å². The van der Waals surface area contributed by atoms with E-state index in [1.807, 2.05) is 0 Å². The van der Waals surface area contributed by atoms with Gasteiger partial charge in [0, 0.05) is 6.61 Å². The van der Waals surface area contributed by atoms with Crippen LogP contribution in [-0.4, -0.2) is 25.3 Å². The number of nitrogens with one attached hydrogen (secondary N) is 1. The maximum Gasteiger partial charge on any atom is 0.0664 e. The summed E-state index contributed by atoms with van der Waals surface area (Å²) in [7, 11) is 0. The van der Waals surface area contributed by atoms with E-state index in [2.05, 4.69) is 46.9 Å². The Morgan fingerprint density at radius 3 is 1.94 bits per heavy atom. The van der Waals surface area contributed by atoms with Crippen molar-refractivity contribution in [3.63, 3.8) is 0 Å². The van der Waals surface area contributed by atoms with Crippen LogP contribution in [0.2, 0.25) is 0 Å². The van der Waals surface area contributed by atoms with E-state index >= 15 is 0 Å². The Bertz CT molecular complexity index is 201. The van der Waals surface area contributed by atoms with Crippen LogP contribution >= 0.6 is 0 Å². The number of rotatable bonds is 11. The van der Waals surface area contributed by atoms with Gasteiger partial charge in [0.15, 0.2) is 0 Å². The summed E-state index contributed by atoms with van der Waals surface area (Å²) in [6.07, 6.45) is 5.86. The molecule has 0 bridgehead atoms. The molecule has 0 radical (unpaired) electrons. The van der Waals surface area contributed by atoms with Crippen molar-refractivity contribution in [1.82, 2.24) is 5.32 Å². The van der Waals surface area contributed by atoms with Gasteiger partial charge in [-0.1, -0.05) is 47.5 Å². The van der Waals surface area contributed by atoms with Crippen LogP contribution in [0.3, 0.4) is 0 Å². The normalized spacial score (nSPS) is 15.7. The molecule has 2 heteroatoms. The molecule has 1 N–H and O–H groups in total. The van der Waals surface area contributed by atoms with Crippen LogP contribution in [0.4, 0.5) is 0 Å². The lowest BCUT2D eigenvalue weighted by Crippen LogP contribution is -2.34. The Morgan fingerprint density at radius 2 is 1.50 bits per heavy atom. The molecule has 1 unspecified atom stereocenters. The van der Waals surface area contributed by atoms with Crippen LogP contribution in [0, 0.1) is 5.41 Å². The van der Waals surface area contributed by atoms with Gasteiger partial charge in [-0.2, -0.15) is 0 Å². The van der Waals surface area contributed by atoms with Crippen LogP contribution in [-0.2, 0) is 4.74 Å². The van der Waals surface area contributed by atoms with Crippen LogP contribution in [0.15, 0.2) is 0 Å².